The Morgan fingerprint density at radius 3 is 2.52 bits per heavy atom. The van der Waals surface area contributed by atoms with Gasteiger partial charge in [-0.05, 0) is 30.2 Å². The second-order valence-corrected chi connectivity index (χ2v) is 6.03. The Hall–Kier alpha value is -3.67. The van der Waals surface area contributed by atoms with Crippen molar-refractivity contribution in [2.24, 2.45) is 0 Å². The molecule has 0 atom stereocenters. The summed E-state index contributed by atoms with van der Waals surface area (Å²) in [7, 11) is 0. The fourth-order valence-corrected chi connectivity index (χ4v) is 2.60. The fraction of sp³-hybridized carbons (Fsp3) is 0.0952. The molecule has 3 rings (SSSR count). The van der Waals surface area contributed by atoms with Gasteiger partial charge in [-0.15, -0.1) is 0 Å². The van der Waals surface area contributed by atoms with E-state index in [1.54, 1.807) is 18.2 Å². The zero-order valence-electron chi connectivity index (χ0n) is 14.8. The van der Waals surface area contributed by atoms with Crippen molar-refractivity contribution in [3.63, 3.8) is 0 Å². The molecule has 0 aromatic heterocycles. The van der Waals surface area contributed by atoms with Gasteiger partial charge >= 0.3 is 6.03 Å². The maximum absolute atomic E-state index is 12.4. The molecule has 2 N–H and O–H groups in total. The van der Waals surface area contributed by atoms with E-state index in [0.717, 1.165) is 16.0 Å². The Morgan fingerprint density at radius 2 is 1.78 bits per heavy atom. The minimum Gasteiger partial charge on any atom is -0.324 e. The molecule has 6 nitrogen and oxygen atoms in total. The van der Waals surface area contributed by atoms with E-state index >= 15 is 0 Å². The van der Waals surface area contributed by atoms with Crippen molar-refractivity contribution in [1.29, 1.82) is 0 Å². The number of carbonyl (C=O) groups excluding carboxylic acids is 3. The molecule has 27 heavy (non-hydrogen) atoms. The first-order valence-corrected chi connectivity index (χ1v) is 8.46. The summed E-state index contributed by atoms with van der Waals surface area (Å²) in [4.78, 5) is 37.5. The maximum atomic E-state index is 12.4. The number of hydrogen-bond acceptors (Lipinski definition) is 3. The van der Waals surface area contributed by atoms with Crippen LogP contribution in [0, 0.1) is 6.92 Å². The van der Waals surface area contributed by atoms with Gasteiger partial charge < -0.3 is 10.6 Å². The van der Waals surface area contributed by atoms with Crippen LogP contribution >= 0.6 is 0 Å². The van der Waals surface area contributed by atoms with E-state index in [0.29, 0.717) is 5.69 Å². The molecule has 0 unspecified atom stereocenters. The highest BCUT2D eigenvalue weighted by Crippen LogP contribution is 2.14. The Kier molecular flexibility index (Phi) is 5.47. The van der Waals surface area contributed by atoms with Crippen LogP contribution < -0.4 is 10.6 Å². The summed E-state index contributed by atoms with van der Waals surface area (Å²) in [6.45, 7) is 1.52. The van der Waals surface area contributed by atoms with E-state index in [9.17, 15) is 14.4 Å². The van der Waals surface area contributed by atoms with Gasteiger partial charge in [-0.1, -0.05) is 60.7 Å². The average Bonchev–Trinajstić information content (AvgIpc) is 2.92. The van der Waals surface area contributed by atoms with Crippen LogP contribution in [0.4, 0.5) is 10.5 Å². The largest absolute Gasteiger partial charge is 0.329 e. The number of rotatable bonds is 5. The molecular weight excluding hydrogens is 342 g/mol. The van der Waals surface area contributed by atoms with Crippen molar-refractivity contribution in [3.8, 4) is 0 Å². The van der Waals surface area contributed by atoms with Gasteiger partial charge in [0.1, 0.15) is 12.2 Å². The number of aryl methyl sites for hydroxylation is 1. The molecule has 0 aliphatic carbocycles. The van der Waals surface area contributed by atoms with Gasteiger partial charge in [0.15, 0.2) is 0 Å². The SMILES string of the molecule is Cc1ccccc1NC(=O)CN1C(=O)N/C(=C\C=C\c2ccccc2)C1=O. The molecule has 0 radical (unpaired) electrons. The predicted octanol–water partition coefficient (Wildman–Crippen LogP) is 3.08. The summed E-state index contributed by atoms with van der Waals surface area (Å²) in [5, 5.41) is 5.20. The summed E-state index contributed by atoms with van der Waals surface area (Å²) >= 11 is 0. The number of nitrogens with one attached hydrogen (secondary N) is 2. The van der Waals surface area contributed by atoms with Crippen LogP contribution in [0.3, 0.4) is 0 Å². The number of benzene rings is 2. The monoisotopic (exact) mass is 361 g/mol. The molecule has 2 aromatic rings. The van der Waals surface area contributed by atoms with Crippen LogP contribution in [0.2, 0.25) is 0 Å². The van der Waals surface area contributed by atoms with E-state index < -0.39 is 17.8 Å². The number of imide groups is 1. The summed E-state index contributed by atoms with van der Waals surface area (Å²) in [6.07, 6.45) is 5.02. The number of carbonyl (C=O) groups is 3. The van der Waals surface area contributed by atoms with Gasteiger partial charge in [-0.2, -0.15) is 0 Å². The number of nitrogens with zero attached hydrogens (tertiary/aromatic N) is 1. The Labute approximate surface area is 157 Å². The molecule has 136 valence electrons. The first kappa shape index (κ1) is 18.1. The van der Waals surface area contributed by atoms with Crippen molar-refractivity contribution < 1.29 is 14.4 Å². The van der Waals surface area contributed by atoms with Crippen molar-refractivity contribution in [3.05, 3.63) is 83.6 Å². The molecule has 1 aliphatic rings. The lowest BCUT2D eigenvalue weighted by Crippen LogP contribution is -2.38. The van der Waals surface area contributed by atoms with E-state index in [4.69, 9.17) is 0 Å². The number of hydrogen-bond donors (Lipinski definition) is 2. The lowest BCUT2D eigenvalue weighted by molar-refractivity contribution is -0.127. The van der Waals surface area contributed by atoms with Crippen LogP contribution in [0.25, 0.3) is 6.08 Å². The molecule has 6 heteroatoms. The number of para-hydroxylation sites is 1. The molecule has 1 saturated heterocycles. The van der Waals surface area contributed by atoms with Crippen LogP contribution in [-0.2, 0) is 9.59 Å². The first-order chi connectivity index (χ1) is 13.0. The van der Waals surface area contributed by atoms with E-state index in [1.807, 2.05) is 55.5 Å². The highest BCUT2D eigenvalue weighted by Gasteiger charge is 2.34. The molecular formula is C21H19N3O3. The number of allylic oxidation sites excluding steroid dienone is 2. The van der Waals surface area contributed by atoms with E-state index in [-0.39, 0.29) is 12.2 Å². The van der Waals surface area contributed by atoms with E-state index in [2.05, 4.69) is 10.6 Å². The molecule has 4 amide bonds. The molecule has 1 aliphatic heterocycles. The van der Waals surface area contributed by atoms with Crippen LogP contribution in [-0.4, -0.2) is 29.3 Å². The lowest BCUT2D eigenvalue weighted by Gasteiger charge is -2.13. The van der Waals surface area contributed by atoms with Gasteiger partial charge in [-0.3, -0.25) is 9.59 Å². The Balaban J connectivity index is 1.63. The van der Waals surface area contributed by atoms with Gasteiger partial charge in [0.05, 0.1) is 0 Å². The standard InChI is InChI=1S/C21H19N3O3/c1-15-8-5-6-12-17(15)22-19(25)14-24-20(26)18(23-21(24)27)13-7-11-16-9-3-2-4-10-16/h2-13H,14H2,1H3,(H,22,25)(H,23,27)/b11-7+,18-13-. The highest BCUT2D eigenvalue weighted by molar-refractivity contribution is 6.14. The number of urea groups is 1. The molecule has 0 bridgehead atoms. The maximum Gasteiger partial charge on any atom is 0.329 e. The van der Waals surface area contributed by atoms with Gasteiger partial charge in [-0.25, -0.2) is 9.69 Å². The minimum atomic E-state index is -0.612. The van der Waals surface area contributed by atoms with Gasteiger partial charge in [0, 0.05) is 5.69 Å². The molecule has 2 aromatic carbocycles. The number of amides is 4. The summed E-state index contributed by atoms with van der Waals surface area (Å²) in [5.74, 6) is -0.966. The van der Waals surface area contributed by atoms with Gasteiger partial charge in [0.25, 0.3) is 5.91 Å². The summed E-state index contributed by atoms with van der Waals surface area (Å²) in [5.41, 5.74) is 2.65. The highest BCUT2D eigenvalue weighted by atomic mass is 16.2. The van der Waals surface area contributed by atoms with Crippen LogP contribution in [0.1, 0.15) is 11.1 Å². The predicted molar refractivity (Wildman–Crippen MR) is 104 cm³/mol. The molecule has 1 heterocycles. The van der Waals surface area contributed by atoms with Gasteiger partial charge in [0.2, 0.25) is 5.91 Å². The summed E-state index contributed by atoms with van der Waals surface area (Å²) in [6, 6.07) is 16.3. The second-order valence-electron chi connectivity index (χ2n) is 6.03. The third-order valence-corrected chi connectivity index (χ3v) is 4.03. The van der Waals surface area contributed by atoms with E-state index in [1.165, 1.54) is 6.08 Å². The molecule has 0 spiro atoms. The Morgan fingerprint density at radius 1 is 1.07 bits per heavy atom. The van der Waals surface area contributed by atoms with Crippen molar-refractivity contribution in [1.82, 2.24) is 10.2 Å². The third-order valence-electron chi connectivity index (χ3n) is 4.03. The first-order valence-electron chi connectivity index (χ1n) is 8.46. The van der Waals surface area contributed by atoms with Crippen molar-refractivity contribution in [2.45, 2.75) is 6.92 Å². The van der Waals surface area contributed by atoms with Crippen LogP contribution in [0.15, 0.2) is 72.4 Å². The average molecular weight is 361 g/mol. The smallest absolute Gasteiger partial charge is 0.324 e. The van der Waals surface area contributed by atoms with Crippen molar-refractivity contribution >= 4 is 29.6 Å². The molecule has 1 fully saturated rings. The fourth-order valence-electron chi connectivity index (χ4n) is 2.60. The summed E-state index contributed by atoms with van der Waals surface area (Å²) < 4.78 is 0. The Bertz CT molecular complexity index is 933. The topological polar surface area (TPSA) is 78.5 Å². The van der Waals surface area contributed by atoms with Crippen molar-refractivity contribution in [2.75, 3.05) is 11.9 Å². The third kappa shape index (κ3) is 4.49. The normalized spacial score (nSPS) is 15.4. The lowest BCUT2D eigenvalue weighted by atomic mass is 10.2. The van der Waals surface area contributed by atoms with Crippen LogP contribution in [0.5, 0.6) is 0 Å². The second kappa shape index (κ2) is 8.14. The minimum absolute atomic E-state index is 0.135. The number of anilines is 1. The zero-order chi connectivity index (χ0) is 19.2. The zero-order valence-corrected chi connectivity index (χ0v) is 14.8. The quantitative estimate of drug-likeness (QED) is 0.634. The molecule has 0 saturated carbocycles.